The Kier molecular flexibility index (Phi) is 12.1. The second-order valence-electron chi connectivity index (χ2n) is 4.60. The van der Waals surface area contributed by atoms with Gasteiger partial charge in [-0.05, 0) is 0 Å². The summed E-state index contributed by atoms with van der Waals surface area (Å²) < 4.78 is 4.17. The molecule has 0 unspecified atom stereocenters. The minimum atomic E-state index is -0.673. The molecule has 0 saturated heterocycles. The van der Waals surface area contributed by atoms with Crippen molar-refractivity contribution in [2.75, 3.05) is 0 Å². The summed E-state index contributed by atoms with van der Waals surface area (Å²) in [5.41, 5.74) is 6.80. The van der Waals surface area contributed by atoms with E-state index in [0.717, 1.165) is 0 Å². The van der Waals surface area contributed by atoms with Gasteiger partial charge in [0, 0.05) is 0 Å². The second-order valence-corrected chi connectivity index (χ2v) is 6.35. The molecule has 13 heavy (non-hydrogen) atoms. The molecule has 1 N–H and O–H groups in total. The van der Waals surface area contributed by atoms with Crippen LogP contribution in [0.2, 0.25) is 0 Å². The Balaban J connectivity index is -0.000000150. The van der Waals surface area contributed by atoms with Crippen molar-refractivity contribution in [3.05, 3.63) is 13.2 Å². The van der Waals surface area contributed by atoms with E-state index in [-0.39, 0.29) is 18.5 Å². The molecule has 0 fully saturated rings. The molecule has 0 atom stereocenters. The van der Waals surface area contributed by atoms with E-state index in [2.05, 4.69) is 24.1 Å². The van der Waals surface area contributed by atoms with E-state index < -0.39 is 18.5 Å². The van der Waals surface area contributed by atoms with Gasteiger partial charge >= 0.3 is 57.3 Å². The maximum atomic E-state index is 6.94. The number of halogens is 1. The Morgan fingerprint density at radius 3 is 1.31 bits per heavy atom. The summed E-state index contributed by atoms with van der Waals surface area (Å²) in [6.45, 7) is 11.7. The van der Waals surface area contributed by atoms with Crippen molar-refractivity contribution >= 4 is 9.19 Å². The normalized spacial score (nSPS) is 11.7. The quantitative estimate of drug-likeness (QED) is 0.465. The van der Waals surface area contributed by atoms with Crippen LogP contribution < -0.4 is 0 Å². The van der Waals surface area contributed by atoms with Gasteiger partial charge in [-0.3, -0.25) is 0 Å². The zero-order chi connectivity index (χ0) is 10.4. The Morgan fingerprint density at radius 2 is 1.31 bits per heavy atom. The van der Waals surface area contributed by atoms with Gasteiger partial charge in [0.25, 0.3) is 0 Å². The van der Waals surface area contributed by atoms with E-state index >= 15 is 0 Å². The van der Waals surface area contributed by atoms with Crippen molar-refractivity contribution < 1.29 is 18.5 Å². The predicted molar refractivity (Wildman–Crippen MR) is 58.5 cm³/mol. The van der Waals surface area contributed by atoms with Crippen LogP contribution in [0.25, 0.3) is 5.73 Å². The van der Waals surface area contributed by atoms with Gasteiger partial charge in [-0.2, -0.15) is 0 Å². The van der Waals surface area contributed by atoms with Crippen LogP contribution in [-0.4, -0.2) is 11.1 Å². The first kappa shape index (κ1) is 19.4. The number of rotatable bonds is 0. The zero-order valence-corrected chi connectivity index (χ0v) is 12.7. The van der Waals surface area contributed by atoms with Crippen LogP contribution in [0.3, 0.4) is 0 Å². The Labute approximate surface area is 96.6 Å². The molecule has 0 bridgehead atoms. The molecule has 0 aliphatic heterocycles. The summed E-state index contributed by atoms with van der Waals surface area (Å²) in [5.74, 6) is 0. The average Bonchev–Trinajstić information content (AvgIpc) is 1.54. The van der Waals surface area contributed by atoms with Crippen LogP contribution in [0.4, 0.5) is 0 Å². The first-order valence-electron chi connectivity index (χ1n) is 3.84. The van der Waals surface area contributed by atoms with Crippen LogP contribution in [0.5, 0.6) is 0 Å². The van der Waals surface area contributed by atoms with E-state index in [9.17, 15) is 0 Å². The number of nitrogens with one attached hydrogen (secondary N) is 1. The smallest absolute Gasteiger partial charge is 0.358 e. The molecule has 0 saturated carbocycles. The van der Waals surface area contributed by atoms with Crippen LogP contribution in [0, 0.1) is 7.43 Å². The SMILES string of the molecule is CC(C)(C)[NH-].CC(C)(C)[N]=[Nb][Cl].[CH3-]. The van der Waals surface area contributed by atoms with Crippen molar-refractivity contribution in [3.8, 4) is 0 Å². The fourth-order valence-electron chi connectivity index (χ4n) is 0.113. The first-order valence-corrected chi connectivity index (χ1v) is 7.66. The van der Waals surface area contributed by atoms with Gasteiger partial charge in [-0.25, -0.2) is 0 Å². The molecule has 0 aliphatic carbocycles. The third-order valence-corrected chi connectivity index (χ3v) is 2.45. The predicted octanol–water partition coefficient (Wildman–Crippen LogP) is 4.49. The standard InChI is InChI=1S/C4H10N.C4H9N.CH3.ClH.Nb/c2*1-4(2,3)5;;;/h5H,1-3H3;1-3H3;1H3;1H;/q-1;;-1;;+1/p-1. The molecule has 0 radical (unpaired) electrons. The van der Waals surface area contributed by atoms with Gasteiger partial charge in [0.05, 0.1) is 0 Å². The van der Waals surface area contributed by atoms with Gasteiger partial charge in [0.15, 0.2) is 0 Å². The molecule has 0 aromatic heterocycles. The molecule has 0 amide bonds. The molecular formula is C9H22ClN2Nb-2. The van der Waals surface area contributed by atoms with E-state index in [1.165, 1.54) is 0 Å². The molecule has 2 nitrogen and oxygen atoms in total. The summed E-state index contributed by atoms with van der Waals surface area (Å²) in [7, 11) is 5.47. The molecule has 82 valence electrons. The third kappa shape index (κ3) is 64.9. The largest absolute Gasteiger partial charge is 0.358 e. The minimum Gasteiger partial charge on any atom is -0.358 e. The number of nitrogens with zero attached hydrogens (tertiary/aromatic N) is 1. The summed E-state index contributed by atoms with van der Waals surface area (Å²) in [6, 6.07) is 0. The van der Waals surface area contributed by atoms with Crippen molar-refractivity contribution in [1.29, 1.82) is 0 Å². The molecule has 4 heteroatoms. The molecule has 0 aromatic carbocycles. The zero-order valence-electron chi connectivity index (χ0n) is 9.77. The van der Waals surface area contributed by atoms with Gasteiger partial charge in [0.2, 0.25) is 0 Å². The van der Waals surface area contributed by atoms with Crippen molar-refractivity contribution in [2.24, 2.45) is 3.34 Å². The molecule has 0 spiro atoms. The van der Waals surface area contributed by atoms with E-state index in [1.54, 1.807) is 0 Å². The van der Waals surface area contributed by atoms with Gasteiger partial charge < -0.3 is 13.2 Å². The topological polar surface area (TPSA) is 36.2 Å². The van der Waals surface area contributed by atoms with Gasteiger partial charge in [-0.1, -0.05) is 20.8 Å². The van der Waals surface area contributed by atoms with E-state index in [1.807, 2.05) is 20.8 Å². The summed E-state index contributed by atoms with van der Waals surface area (Å²) in [5, 5.41) is 0. The molecule has 0 aromatic rings. The van der Waals surface area contributed by atoms with Crippen molar-refractivity contribution in [3.63, 3.8) is 0 Å². The average molecular weight is 287 g/mol. The molecule has 0 aliphatic rings. The summed E-state index contributed by atoms with van der Waals surface area (Å²) in [4.78, 5) is 0. The van der Waals surface area contributed by atoms with Crippen molar-refractivity contribution in [2.45, 2.75) is 52.6 Å². The second kappa shape index (κ2) is 8.13. The molecular weight excluding hydrogens is 264 g/mol. The number of hydrogen-bond donors (Lipinski definition) is 0. The Bertz CT molecular complexity index is 128. The minimum absolute atomic E-state index is 0. The van der Waals surface area contributed by atoms with E-state index in [4.69, 9.17) is 14.9 Å². The summed E-state index contributed by atoms with van der Waals surface area (Å²) >= 11 is -0.673. The monoisotopic (exact) mass is 286 g/mol. The fraction of sp³-hybridized carbons (Fsp3) is 0.889. The molecule has 0 heterocycles. The van der Waals surface area contributed by atoms with E-state index in [0.29, 0.717) is 0 Å². The van der Waals surface area contributed by atoms with Crippen LogP contribution in [0.15, 0.2) is 3.34 Å². The molecule has 0 rings (SSSR count). The Morgan fingerprint density at radius 1 is 1.08 bits per heavy atom. The fourth-order valence-corrected chi connectivity index (χ4v) is 2.01. The van der Waals surface area contributed by atoms with Crippen molar-refractivity contribution in [1.82, 2.24) is 0 Å². The first-order chi connectivity index (χ1) is 5.06. The summed E-state index contributed by atoms with van der Waals surface area (Å²) in [6.07, 6.45) is 0. The maximum Gasteiger partial charge on any atom is -0.358 e. The number of hydrogen-bond acceptors (Lipinski definition) is 1. The Hall–Kier alpha value is 0.790. The van der Waals surface area contributed by atoms with Gasteiger partial charge in [-0.15, -0.1) is 5.54 Å². The van der Waals surface area contributed by atoms with Crippen LogP contribution in [0.1, 0.15) is 41.5 Å². The van der Waals surface area contributed by atoms with Gasteiger partial charge in [0.1, 0.15) is 0 Å². The van der Waals surface area contributed by atoms with Crippen LogP contribution >= 0.6 is 9.19 Å². The maximum absolute atomic E-state index is 6.94. The third-order valence-electron chi connectivity index (χ3n) is 0.338. The van der Waals surface area contributed by atoms with Crippen LogP contribution in [-0.2, 0) is 18.5 Å².